The van der Waals surface area contributed by atoms with Crippen LogP contribution in [0.4, 0.5) is 0 Å². The Balaban J connectivity index is 1.40. The molecule has 0 radical (unpaired) electrons. The lowest BCUT2D eigenvalue weighted by Crippen LogP contribution is -2.56. The minimum absolute atomic E-state index is 0.0237. The number of nitrogens with one attached hydrogen (secondary N) is 1. The predicted molar refractivity (Wildman–Crippen MR) is 129 cm³/mol. The molecule has 0 aliphatic carbocycles. The maximum Gasteiger partial charge on any atom is 0.240 e. The van der Waals surface area contributed by atoms with Crippen LogP contribution >= 0.6 is 0 Å². The smallest absolute Gasteiger partial charge is 0.240 e. The number of nitrogens with zero attached hydrogens (tertiary/aromatic N) is 3. The van der Waals surface area contributed by atoms with E-state index in [1.165, 1.54) is 0 Å². The second-order valence-electron chi connectivity index (χ2n) is 10.9. The van der Waals surface area contributed by atoms with Crippen molar-refractivity contribution in [3.63, 3.8) is 0 Å². The van der Waals surface area contributed by atoms with Gasteiger partial charge < -0.3 is 39.5 Å². The van der Waals surface area contributed by atoms with E-state index in [1.807, 2.05) is 11.8 Å². The molecule has 6 bridgehead atoms. The lowest BCUT2D eigenvalue weighted by atomic mass is 9.97. The Kier molecular flexibility index (Phi) is 8.32. The van der Waals surface area contributed by atoms with Crippen LogP contribution in [-0.4, -0.2) is 144 Å². The van der Waals surface area contributed by atoms with Crippen molar-refractivity contribution in [1.29, 1.82) is 0 Å². The predicted octanol–water partition coefficient (Wildman–Crippen LogP) is -2.06. The lowest BCUT2D eigenvalue weighted by Gasteiger charge is -2.39. The van der Waals surface area contributed by atoms with Gasteiger partial charge in [-0.05, 0) is 25.8 Å². The monoisotopic (exact) mass is 524 g/mol. The van der Waals surface area contributed by atoms with Gasteiger partial charge in [-0.2, -0.15) is 0 Å². The molecule has 0 aromatic heterocycles. The summed E-state index contributed by atoms with van der Waals surface area (Å²) in [6, 6.07) is -0.514. The summed E-state index contributed by atoms with van der Waals surface area (Å²) < 4.78 is 17.4. The van der Waals surface area contributed by atoms with E-state index in [0.717, 1.165) is 0 Å². The number of morpholine rings is 1. The SMILES string of the molecule is CCN1C[C@@H]2C[C@H]1C(=O)N1CCO[C@H](CN(C(=O)C3CCOCC3)C[C@H]3O[C@@H](CC(=O)N2)[C@H](O)[C@@H]3O)C1. The number of carbonyl (C=O) groups excluding carboxylic acids is 3. The van der Waals surface area contributed by atoms with Crippen molar-refractivity contribution in [2.24, 2.45) is 5.92 Å². The van der Waals surface area contributed by atoms with E-state index in [2.05, 4.69) is 10.2 Å². The van der Waals surface area contributed by atoms with Crippen LogP contribution < -0.4 is 5.32 Å². The van der Waals surface area contributed by atoms with Crippen LogP contribution in [0.3, 0.4) is 0 Å². The van der Waals surface area contributed by atoms with Crippen LogP contribution in [0, 0.1) is 5.92 Å². The first-order valence-electron chi connectivity index (χ1n) is 13.7. The number of hydrogen-bond acceptors (Lipinski definition) is 9. The highest BCUT2D eigenvalue weighted by molar-refractivity contribution is 5.83. The van der Waals surface area contributed by atoms with Gasteiger partial charge in [0.15, 0.2) is 0 Å². The zero-order valence-corrected chi connectivity index (χ0v) is 21.5. The zero-order chi connectivity index (χ0) is 26.1. The molecule has 37 heavy (non-hydrogen) atoms. The van der Waals surface area contributed by atoms with Crippen molar-refractivity contribution < 1.29 is 38.8 Å². The number of rotatable bonds is 2. The average Bonchev–Trinajstić information content (AvgIpc) is 3.43. The molecular weight excluding hydrogens is 484 g/mol. The van der Waals surface area contributed by atoms with Gasteiger partial charge in [0.25, 0.3) is 0 Å². The van der Waals surface area contributed by atoms with Gasteiger partial charge in [0, 0.05) is 57.9 Å². The lowest BCUT2D eigenvalue weighted by molar-refractivity contribution is -0.150. The summed E-state index contributed by atoms with van der Waals surface area (Å²) in [6.45, 7) is 5.81. The molecule has 5 aliphatic rings. The molecule has 0 saturated carbocycles. The zero-order valence-electron chi connectivity index (χ0n) is 21.5. The Morgan fingerprint density at radius 2 is 1.78 bits per heavy atom. The highest BCUT2D eigenvalue weighted by Gasteiger charge is 2.46. The van der Waals surface area contributed by atoms with Crippen LogP contribution in [0.15, 0.2) is 0 Å². The van der Waals surface area contributed by atoms with Crippen LogP contribution in [-0.2, 0) is 28.6 Å². The quantitative estimate of drug-likeness (QED) is 0.372. The van der Waals surface area contributed by atoms with Gasteiger partial charge in [0.2, 0.25) is 17.7 Å². The van der Waals surface area contributed by atoms with Crippen molar-refractivity contribution in [2.75, 3.05) is 59.1 Å². The summed E-state index contributed by atoms with van der Waals surface area (Å²) in [5.74, 6) is -0.548. The van der Waals surface area contributed by atoms with Crippen molar-refractivity contribution in [3.05, 3.63) is 0 Å². The van der Waals surface area contributed by atoms with Gasteiger partial charge in [-0.3, -0.25) is 19.3 Å². The molecule has 208 valence electrons. The number of aliphatic hydroxyl groups is 2. The topological polar surface area (TPSA) is 141 Å². The second-order valence-corrected chi connectivity index (χ2v) is 10.9. The molecule has 3 N–H and O–H groups in total. The first-order chi connectivity index (χ1) is 17.8. The number of aliphatic hydroxyl groups excluding tert-OH is 2. The van der Waals surface area contributed by atoms with Crippen LogP contribution in [0.1, 0.15) is 32.6 Å². The fraction of sp³-hybridized carbons (Fsp3) is 0.880. The van der Waals surface area contributed by atoms with Crippen LogP contribution in [0.2, 0.25) is 0 Å². The molecular formula is C25H40N4O8. The first-order valence-corrected chi connectivity index (χ1v) is 13.7. The minimum atomic E-state index is -1.24. The molecule has 5 aliphatic heterocycles. The molecule has 0 unspecified atom stereocenters. The van der Waals surface area contributed by atoms with E-state index in [0.29, 0.717) is 65.3 Å². The highest BCUT2D eigenvalue weighted by Crippen LogP contribution is 2.28. The van der Waals surface area contributed by atoms with Gasteiger partial charge in [0.05, 0.1) is 31.3 Å². The third kappa shape index (κ3) is 5.79. The maximum absolute atomic E-state index is 13.6. The Bertz CT molecular complexity index is 855. The van der Waals surface area contributed by atoms with Gasteiger partial charge in [0.1, 0.15) is 18.3 Å². The van der Waals surface area contributed by atoms with E-state index in [9.17, 15) is 24.6 Å². The highest BCUT2D eigenvalue weighted by atomic mass is 16.5. The maximum atomic E-state index is 13.6. The Morgan fingerprint density at radius 3 is 2.54 bits per heavy atom. The van der Waals surface area contributed by atoms with Gasteiger partial charge in [-0.25, -0.2) is 0 Å². The Hall–Kier alpha value is -1.83. The summed E-state index contributed by atoms with van der Waals surface area (Å²) in [5, 5.41) is 24.4. The molecule has 3 amide bonds. The molecule has 0 spiro atoms. The molecule has 5 heterocycles. The van der Waals surface area contributed by atoms with E-state index < -0.39 is 24.4 Å². The van der Waals surface area contributed by atoms with E-state index >= 15 is 0 Å². The number of fused-ring (bicyclic) bond motifs is 6. The number of carbonyl (C=O) groups is 3. The summed E-state index contributed by atoms with van der Waals surface area (Å²) >= 11 is 0. The molecule has 5 saturated heterocycles. The fourth-order valence-corrected chi connectivity index (χ4v) is 6.39. The standard InChI is InChI=1S/C25H40N4O8/c1-2-27-11-16-9-18(27)25(34)28-5-8-36-17(12-28)13-29(24(33)15-3-6-35-7-4-15)14-20-23(32)22(31)19(37-20)10-21(30)26-16/h15-20,22-23,31-32H,2-14H2,1H3,(H,26,30)/t16-,17-,18-,19-,20+,22-,23+/m0/s1. The van der Waals surface area contributed by atoms with Crippen molar-refractivity contribution in [3.8, 4) is 0 Å². The van der Waals surface area contributed by atoms with E-state index in [-0.39, 0.29) is 61.3 Å². The van der Waals surface area contributed by atoms with Gasteiger partial charge in [-0.15, -0.1) is 0 Å². The van der Waals surface area contributed by atoms with Crippen molar-refractivity contribution in [2.45, 2.75) is 75.2 Å². The van der Waals surface area contributed by atoms with Crippen LogP contribution in [0.25, 0.3) is 0 Å². The summed E-state index contributed by atoms with van der Waals surface area (Å²) in [4.78, 5) is 45.5. The number of hydrogen-bond donors (Lipinski definition) is 3. The first kappa shape index (κ1) is 26.8. The van der Waals surface area contributed by atoms with Gasteiger partial charge in [-0.1, -0.05) is 6.92 Å². The molecule has 0 aromatic carbocycles. The number of amides is 3. The second kappa shape index (κ2) is 11.5. The molecule has 5 fully saturated rings. The van der Waals surface area contributed by atoms with Crippen molar-refractivity contribution in [1.82, 2.24) is 20.0 Å². The average molecular weight is 525 g/mol. The normalized spacial score (nSPS) is 38.6. The summed E-state index contributed by atoms with van der Waals surface area (Å²) in [5.41, 5.74) is 0. The largest absolute Gasteiger partial charge is 0.388 e. The molecule has 0 aromatic rings. The summed E-state index contributed by atoms with van der Waals surface area (Å²) in [7, 11) is 0. The number of likely N-dealkylation sites (tertiary alicyclic amines) is 1. The minimum Gasteiger partial charge on any atom is -0.388 e. The Morgan fingerprint density at radius 1 is 1.03 bits per heavy atom. The third-order valence-electron chi connectivity index (χ3n) is 8.46. The molecule has 12 nitrogen and oxygen atoms in total. The molecule has 7 atom stereocenters. The fourth-order valence-electron chi connectivity index (χ4n) is 6.39. The molecule has 5 rings (SSSR count). The van der Waals surface area contributed by atoms with Crippen LogP contribution in [0.5, 0.6) is 0 Å². The van der Waals surface area contributed by atoms with E-state index in [1.54, 1.807) is 4.90 Å². The number of ether oxygens (including phenoxy) is 3. The summed E-state index contributed by atoms with van der Waals surface area (Å²) in [6.07, 6.45) is -2.93. The third-order valence-corrected chi connectivity index (χ3v) is 8.46. The van der Waals surface area contributed by atoms with Crippen molar-refractivity contribution >= 4 is 17.7 Å². The van der Waals surface area contributed by atoms with Gasteiger partial charge >= 0.3 is 0 Å². The Labute approximate surface area is 217 Å². The van der Waals surface area contributed by atoms with E-state index in [4.69, 9.17) is 14.2 Å². The number of likely N-dealkylation sites (N-methyl/N-ethyl adjacent to an activating group) is 1. The molecule has 12 heteroatoms.